The Hall–Kier alpha value is -2.02. The summed E-state index contributed by atoms with van der Waals surface area (Å²) in [5.41, 5.74) is 13.0. The molecule has 0 N–H and O–H groups in total. The molecule has 5 rings (SSSR count). The van der Waals surface area contributed by atoms with Gasteiger partial charge in [0.05, 0.1) is 0 Å². The first-order chi connectivity index (χ1) is 16.1. The van der Waals surface area contributed by atoms with Crippen molar-refractivity contribution in [3.63, 3.8) is 0 Å². The van der Waals surface area contributed by atoms with Crippen LogP contribution in [0.25, 0.3) is 16.7 Å². The van der Waals surface area contributed by atoms with Gasteiger partial charge in [-0.05, 0) is 0 Å². The Labute approximate surface area is 208 Å². The number of benzene rings is 3. The second-order valence-corrected chi connectivity index (χ2v) is 41.0. The molecule has 0 aromatic heterocycles. The van der Waals surface area contributed by atoms with E-state index >= 15 is 0 Å². The van der Waals surface area contributed by atoms with E-state index in [2.05, 4.69) is 129 Å². The zero-order valence-electron chi connectivity index (χ0n) is 21.4. The van der Waals surface area contributed by atoms with Crippen molar-refractivity contribution >= 4 is 12.5 Å². The molecule has 3 aromatic rings. The van der Waals surface area contributed by atoms with Crippen LogP contribution in [0.5, 0.6) is 0 Å². The van der Waals surface area contributed by atoms with Gasteiger partial charge in [-0.3, -0.25) is 0 Å². The summed E-state index contributed by atoms with van der Waals surface area (Å²) in [5, 5.41) is 0. The Bertz CT molecular complexity index is 1460. The molecule has 0 bridgehead atoms. The zero-order chi connectivity index (χ0) is 24.3. The van der Waals surface area contributed by atoms with E-state index in [9.17, 15) is 0 Å². The van der Waals surface area contributed by atoms with Gasteiger partial charge < -0.3 is 0 Å². The molecule has 0 amide bonds. The quantitative estimate of drug-likeness (QED) is 0.292. The second-order valence-electron chi connectivity index (χ2n) is 11.5. The van der Waals surface area contributed by atoms with Gasteiger partial charge in [0.1, 0.15) is 0 Å². The first-order valence-electron chi connectivity index (χ1n) is 12.5. The van der Waals surface area contributed by atoms with Crippen LogP contribution in [-0.4, -0.2) is 6.88 Å². The average Bonchev–Trinajstić information content (AvgIpc) is 3.32. The second kappa shape index (κ2) is 8.28. The van der Waals surface area contributed by atoms with Gasteiger partial charge in [0, 0.05) is 0 Å². The third-order valence-electron chi connectivity index (χ3n) is 8.72. The summed E-state index contributed by atoms with van der Waals surface area (Å²) in [6, 6.07) is 29.1. The number of allylic oxidation sites excluding steroid dienone is 5. The molecule has 0 nitrogen and oxygen atoms in total. The van der Waals surface area contributed by atoms with Crippen LogP contribution in [0.4, 0.5) is 0 Å². The molecule has 2 unspecified atom stereocenters. The minimum absolute atomic E-state index is 0.525. The molecule has 3 aromatic carbocycles. The van der Waals surface area contributed by atoms with Crippen LogP contribution in [-0.2, 0) is 17.4 Å². The fraction of sp³-hybridized carbons (Fsp3) is 0.250. The summed E-state index contributed by atoms with van der Waals surface area (Å²) in [7, 11) is 0. The molecule has 2 aliphatic rings. The standard InChI is InChI=1S/C21H15.C9H13.2CH3.H2Si.Zr/c1-2-7-16(8-3-1)18-10-6-11-19(15-18)21-14-13-17-9-4-5-12-20(17)21;1-6-5-7(2)9(4)8(6)3;;;;/h1-15H;6H,1-4H3;2*1H3;1H2;. The molecule has 0 saturated carbocycles. The predicted octanol–water partition coefficient (Wildman–Crippen LogP) is 8.43. The van der Waals surface area contributed by atoms with E-state index in [1.165, 1.54) is 33.4 Å². The molecule has 2 heteroatoms. The molecule has 2 atom stereocenters. The summed E-state index contributed by atoms with van der Waals surface area (Å²) >= 11 is -3.38. The van der Waals surface area contributed by atoms with Crippen molar-refractivity contribution in [3.05, 3.63) is 122 Å². The van der Waals surface area contributed by atoms with Gasteiger partial charge in [-0.25, -0.2) is 0 Å². The van der Waals surface area contributed by atoms with Gasteiger partial charge >= 0.3 is 209 Å². The molecule has 0 spiro atoms. The van der Waals surface area contributed by atoms with Crippen molar-refractivity contribution in [2.45, 2.75) is 40.6 Å². The van der Waals surface area contributed by atoms with Crippen molar-refractivity contribution in [1.82, 2.24) is 0 Å². The van der Waals surface area contributed by atoms with Gasteiger partial charge in [0.15, 0.2) is 0 Å². The van der Waals surface area contributed by atoms with E-state index in [0.29, 0.717) is 9.54 Å². The maximum absolute atomic E-state index is 3.38. The monoisotopic (exact) mass is 538 g/mol. The van der Waals surface area contributed by atoms with Gasteiger partial charge in [0.25, 0.3) is 0 Å². The Morgan fingerprint density at radius 3 is 2.00 bits per heavy atom. The SMILES string of the molecule is CC1=C(C)C(C)[C]([Zr]([CH3])([CH3])(=[SiH2])[CH]2C=C(c3cccc(-c4ccccc4)c3)c3ccccc32)=C1C. The van der Waals surface area contributed by atoms with Crippen molar-refractivity contribution in [1.29, 1.82) is 0 Å². The van der Waals surface area contributed by atoms with Crippen molar-refractivity contribution in [3.8, 4) is 11.1 Å². The molecule has 0 radical (unpaired) electrons. The topological polar surface area (TPSA) is 0 Å². The number of fused-ring (bicyclic) bond motifs is 1. The molecule has 0 aliphatic heterocycles. The Morgan fingerprint density at radius 2 is 1.32 bits per heavy atom. The Morgan fingerprint density at radius 1 is 0.706 bits per heavy atom. The normalized spacial score (nSPS) is 20.6. The van der Waals surface area contributed by atoms with Crippen LogP contribution in [0, 0.1) is 5.92 Å². The van der Waals surface area contributed by atoms with Gasteiger partial charge in [-0.1, -0.05) is 0 Å². The summed E-state index contributed by atoms with van der Waals surface area (Å²) in [6.45, 7) is 11.9. The number of hydrogen-bond acceptors (Lipinski definition) is 0. The molecule has 172 valence electrons. The fourth-order valence-corrected chi connectivity index (χ4v) is 25.2. The molecule has 0 saturated heterocycles. The molecule has 0 fully saturated rings. The van der Waals surface area contributed by atoms with E-state index in [1.54, 1.807) is 16.7 Å². The Kier molecular flexibility index (Phi) is 5.78. The van der Waals surface area contributed by atoms with Crippen LogP contribution in [0.2, 0.25) is 9.26 Å². The van der Waals surface area contributed by atoms with Gasteiger partial charge in [-0.2, -0.15) is 0 Å². The Balaban J connectivity index is 1.67. The molecule has 0 heterocycles. The maximum atomic E-state index is 2.70. The van der Waals surface area contributed by atoms with E-state index in [0.717, 1.165) is 0 Å². The summed E-state index contributed by atoms with van der Waals surface area (Å²) in [4.78, 5) is 0. The molecular formula is C32H36SiZr. The third kappa shape index (κ3) is 3.66. The van der Waals surface area contributed by atoms with Gasteiger partial charge in [0.2, 0.25) is 0 Å². The molecular weight excluding hydrogens is 504 g/mol. The summed E-state index contributed by atoms with van der Waals surface area (Å²) in [6.07, 6.45) is 2.66. The third-order valence-corrected chi connectivity index (χ3v) is 26.0. The fourth-order valence-electron chi connectivity index (χ4n) is 6.73. The zero-order valence-corrected chi connectivity index (χ0v) is 25.3. The van der Waals surface area contributed by atoms with E-state index in [1.807, 2.05) is 3.28 Å². The van der Waals surface area contributed by atoms with Crippen LogP contribution in [0.1, 0.15) is 48.0 Å². The molecule has 34 heavy (non-hydrogen) atoms. The number of rotatable bonds is 4. The van der Waals surface area contributed by atoms with Crippen molar-refractivity contribution < 1.29 is 17.4 Å². The molecule has 2 aliphatic carbocycles. The van der Waals surface area contributed by atoms with E-state index in [-0.39, 0.29) is 0 Å². The van der Waals surface area contributed by atoms with Gasteiger partial charge in [-0.15, -0.1) is 0 Å². The van der Waals surface area contributed by atoms with Crippen LogP contribution < -0.4 is 0 Å². The van der Waals surface area contributed by atoms with E-state index in [4.69, 9.17) is 0 Å². The predicted molar refractivity (Wildman–Crippen MR) is 149 cm³/mol. The van der Waals surface area contributed by atoms with E-state index < -0.39 is 17.4 Å². The summed E-state index contributed by atoms with van der Waals surface area (Å²) in [5.74, 6) is 0.573. The average molecular weight is 540 g/mol. The van der Waals surface area contributed by atoms with Crippen LogP contribution >= 0.6 is 0 Å². The van der Waals surface area contributed by atoms with Crippen molar-refractivity contribution in [2.75, 3.05) is 0 Å². The summed E-state index contributed by atoms with van der Waals surface area (Å²) < 4.78 is 7.73. The van der Waals surface area contributed by atoms with Crippen molar-refractivity contribution in [2.24, 2.45) is 5.92 Å². The number of hydrogen-bond donors (Lipinski definition) is 0. The minimum atomic E-state index is -3.38. The first-order valence-corrected chi connectivity index (χ1v) is 26.0. The van der Waals surface area contributed by atoms with Crippen LogP contribution in [0.15, 0.2) is 105 Å². The first kappa shape index (κ1) is 23.7. The van der Waals surface area contributed by atoms with Crippen LogP contribution in [0.3, 0.4) is 0 Å².